The van der Waals surface area contributed by atoms with Crippen LogP contribution in [0, 0.1) is 0 Å². The summed E-state index contributed by atoms with van der Waals surface area (Å²) in [7, 11) is -5.14. The van der Waals surface area contributed by atoms with Crippen LogP contribution in [0.5, 0.6) is 0 Å². The third-order valence-electron chi connectivity index (χ3n) is 14.9. The second kappa shape index (κ2) is 24.0. The van der Waals surface area contributed by atoms with Crippen molar-refractivity contribution in [2.75, 3.05) is 43.6 Å². The van der Waals surface area contributed by atoms with Crippen molar-refractivity contribution >= 4 is 127 Å². The number of aromatic amines is 2. The van der Waals surface area contributed by atoms with E-state index in [9.17, 15) is 33.7 Å². The van der Waals surface area contributed by atoms with Crippen molar-refractivity contribution in [2.24, 2.45) is 10.7 Å². The standard InChI is InChI=1S/C21H23F2N9O10P2S.C21H25F2N9O9P2S2/c22-10-8-3-37-43(34,35)41-14-9(40-19(11(14)23)31-5-27-12-7(24)1-2-26-16(12)31)4-38-44(36,45)42-15(10)20(39-8)32-6-28-13-17(32)29-21(25)30-18(13)33;22-10-8-3-36-42(34,44)40-14-9(39-19(11(14)23)31-5-27-12-7(24)1-2-26-16(12)31)4-37-43(35,45)41-15(10)20(38-8)32-6-28-13-17(32)29-21(25)30-18(13)33/h1-2,5-6,8-11,14-15,19-20H,3-4H2,(H2,24,26)(H,34,35)(H,36,45)(H3,25,29,30,33);2,5-11,14-15,19-20H,1,3-4,24H2,(H,34,44)(H,35,45)(H3,25,29,30,33)/t8-,9-,10-,11+,14-,15-,19-,20-,44?;7?,8-,9-,10-,11+,14-,15-,19-,20-,42?,43?/m11/s1. The zero-order chi connectivity index (χ0) is 63.7. The predicted octanol–water partition coefficient (Wildman–Crippen LogP) is 0.760. The Morgan fingerprint density at radius 2 is 0.978 bits per heavy atom. The van der Waals surface area contributed by atoms with E-state index in [4.69, 9.17) is 113 Å². The molecule has 7 aliphatic rings. The molecular formula is C42H48F4N18O19P4S3. The number of imidazole rings is 4. The van der Waals surface area contributed by atoms with E-state index in [1.54, 1.807) is 6.21 Å². The topological polar surface area (TPSA) is 501 Å². The highest BCUT2D eigenvalue weighted by molar-refractivity contribution is 8.07. The molecule has 0 amide bonds. The average molecular weight is 1410 g/mol. The number of nitrogens with one attached hydrogen (secondary N) is 2. The molecular weight excluding hydrogens is 1360 g/mol. The molecule has 14 heterocycles. The van der Waals surface area contributed by atoms with Gasteiger partial charge in [-0.1, -0.05) is 0 Å². The van der Waals surface area contributed by atoms with Gasteiger partial charge in [0.25, 0.3) is 11.1 Å². The zero-order valence-corrected chi connectivity index (χ0v) is 51.0. The monoisotopic (exact) mass is 1400 g/mol. The zero-order valence-electron chi connectivity index (χ0n) is 45.0. The number of phosphoric acid groups is 1. The van der Waals surface area contributed by atoms with Gasteiger partial charge in [-0.15, -0.1) is 0 Å². The molecule has 0 aromatic carbocycles. The fourth-order valence-corrected chi connectivity index (χ4v) is 16.0. The van der Waals surface area contributed by atoms with Gasteiger partial charge in [0, 0.05) is 18.8 Å². The van der Waals surface area contributed by atoms with Crippen LogP contribution in [0.4, 0.5) is 41.0 Å². The van der Waals surface area contributed by atoms with Gasteiger partial charge in [0.1, 0.15) is 60.0 Å². The Balaban J connectivity index is 0.000000165. The summed E-state index contributed by atoms with van der Waals surface area (Å²) in [6.07, 6.45) is -18.8. The molecule has 7 aliphatic heterocycles. The van der Waals surface area contributed by atoms with Crippen LogP contribution < -0.4 is 34.1 Å². The van der Waals surface area contributed by atoms with Crippen LogP contribution in [0.25, 0.3) is 33.5 Å². The lowest BCUT2D eigenvalue weighted by Crippen LogP contribution is -2.34. The normalized spacial score (nSPS) is 39.1. The molecule has 5 unspecified atom stereocenters. The lowest BCUT2D eigenvalue weighted by molar-refractivity contribution is -0.0630. The van der Waals surface area contributed by atoms with Crippen LogP contribution in [-0.2, 0) is 95.1 Å². The second-order valence-corrected chi connectivity index (χ2v) is 30.4. The van der Waals surface area contributed by atoms with Gasteiger partial charge in [-0.05, 0) is 41.5 Å². The number of nitrogens with two attached hydrogens (primary N) is 4. The number of anilines is 3. The van der Waals surface area contributed by atoms with Gasteiger partial charge in [-0.3, -0.25) is 60.4 Å². The highest BCUT2D eigenvalue weighted by Gasteiger charge is 2.57. The van der Waals surface area contributed by atoms with Crippen molar-refractivity contribution in [1.82, 2.24) is 63.1 Å². The average Bonchev–Trinajstić information content (AvgIpc) is 1.65. The minimum atomic E-state index is -5.14. The third-order valence-corrected chi connectivity index (χ3v) is 20.6. The highest BCUT2D eigenvalue weighted by atomic mass is 32.5. The van der Waals surface area contributed by atoms with E-state index in [0.29, 0.717) is 12.1 Å². The second-order valence-electron chi connectivity index (χ2n) is 20.7. The number of nitrogens with zero attached hydrogens (tertiary/aromatic N) is 12. The lowest BCUT2D eigenvalue weighted by atomic mass is 10.1. The molecule has 6 fully saturated rings. The summed E-state index contributed by atoms with van der Waals surface area (Å²) in [6, 6.07) is 1.03. The first-order valence-corrected chi connectivity index (χ1v) is 35.6. The summed E-state index contributed by atoms with van der Waals surface area (Å²) < 4.78 is 148. The molecule has 0 spiro atoms. The number of phosphoric ester groups is 1. The third kappa shape index (κ3) is 12.0. The van der Waals surface area contributed by atoms with Gasteiger partial charge >= 0.3 is 28.0 Å². The number of hydrogen-bond acceptors (Lipinski definition) is 30. The molecule has 6 saturated heterocycles. The van der Waals surface area contributed by atoms with Crippen LogP contribution in [0.1, 0.15) is 43.1 Å². The first kappa shape index (κ1) is 63.6. The summed E-state index contributed by atoms with van der Waals surface area (Å²) in [6.45, 7) is -16.0. The van der Waals surface area contributed by atoms with Gasteiger partial charge in [0.2, 0.25) is 11.9 Å². The Hall–Kier alpha value is -5.18. The maximum atomic E-state index is 16.0. The highest BCUT2D eigenvalue weighted by Crippen LogP contribution is 2.57. The van der Waals surface area contributed by atoms with Crippen molar-refractivity contribution in [3.8, 4) is 0 Å². The van der Waals surface area contributed by atoms with Gasteiger partial charge in [-0.25, -0.2) is 52.0 Å². The first-order chi connectivity index (χ1) is 42.6. The maximum absolute atomic E-state index is 16.0. The molecule has 0 aliphatic carbocycles. The van der Waals surface area contributed by atoms with Crippen LogP contribution >= 0.6 is 28.0 Å². The molecule has 21 atom stereocenters. The summed E-state index contributed by atoms with van der Waals surface area (Å²) in [5, 5.41) is 0. The molecule has 486 valence electrons. The van der Waals surface area contributed by atoms with Gasteiger partial charge < -0.3 is 75.0 Å². The van der Waals surface area contributed by atoms with Gasteiger partial charge in [0.05, 0.1) is 63.5 Å². The van der Waals surface area contributed by atoms with Gasteiger partial charge in [-0.2, -0.15) is 9.97 Å². The number of aromatic nitrogens is 13. The van der Waals surface area contributed by atoms with Crippen molar-refractivity contribution < 1.29 is 96.8 Å². The number of hydrogen-bond donors (Lipinski definition) is 10. The van der Waals surface area contributed by atoms with Crippen molar-refractivity contribution in [3.05, 3.63) is 64.0 Å². The largest absolute Gasteiger partial charge is 0.472 e. The van der Waals surface area contributed by atoms with Crippen molar-refractivity contribution in [2.45, 2.75) is 111 Å². The molecule has 14 rings (SSSR count). The number of H-pyrrole nitrogens is 2. The van der Waals surface area contributed by atoms with E-state index < -0.39 is 170 Å². The summed E-state index contributed by atoms with van der Waals surface area (Å²) in [4.78, 5) is 105. The summed E-state index contributed by atoms with van der Waals surface area (Å²) in [5.41, 5.74) is 22.6. The number of aliphatic imine (C=N–C) groups is 1. The Bertz CT molecular complexity index is 4310. The van der Waals surface area contributed by atoms with Crippen LogP contribution in [0.3, 0.4) is 0 Å². The number of halogens is 4. The molecule has 90 heavy (non-hydrogen) atoms. The molecule has 0 saturated carbocycles. The number of nitrogen functional groups attached to an aromatic ring is 3. The Kier molecular flexibility index (Phi) is 16.9. The SMILES string of the molecule is Nc1nc2c(ncn2[C@@H]2O[C@@H]3COP(=O)(O)O[C@H]4[C@H](F)[C@H](n5cnc6c(N)ccnc65)O[C@@H]4COP(O)(=S)O[C@@H]2[C@@H]3F)c(=O)[nH]1.Nc1nc2c(ncn2[C@@H]2O[C@@H]3COP(O)(=S)O[C@H]4[C@H](F)[C@H](n5cnc6c5N=CCC6N)O[C@@H]4COP(O)(=S)O[C@@H]2[C@@H]3F)c(=O)[nH]1. The molecule has 7 aromatic heterocycles. The fraction of sp³-hybridized carbons (Fsp3) is 0.524. The number of ether oxygens (including phenoxy) is 4. The number of alkyl halides is 4. The van der Waals surface area contributed by atoms with Gasteiger partial charge in [0.15, 0.2) is 83.4 Å². The molecule has 7 aromatic rings. The van der Waals surface area contributed by atoms with Crippen molar-refractivity contribution in [3.63, 3.8) is 0 Å². The Labute approximate surface area is 513 Å². The van der Waals surface area contributed by atoms with E-state index in [1.807, 2.05) is 0 Å². The Morgan fingerprint density at radius 3 is 1.51 bits per heavy atom. The first-order valence-electron chi connectivity index (χ1n) is 26.3. The van der Waals surface area contributed by atoms with E-state index >= 15 is 17.6 Å². The minimum absolute atomic E-state index is 0.0817. The van der Waals surface area contributed by atoms with Crippen LogP contribution in [0.15, 0.2) is 52.2 Å². The predicted molar refractivity (Wildman–Crippen MR) is 307 cm³/mol. The number of fused-ring (bicyclic) bond motifs is 10. The van der Waals surface area contributed by atoms with E-state index in [2.05, 4.69) is 49.8 Å². The minimum Gasteiger partial charge on any atom is -0.397 e. The van der Waals surface area contributed by atoms with E-state index in [0.717, 1.165) is 17.2 Å². The van der Waals surface area contributed by atoms with E-state index in [1.165, 1.54) is 38.6 Å². The van der Waals surface area contributed by atoms with Crippen molar-refractivity contribution in [1.29, 1.82) is 0 Å². The van der Waals surface area contributed by atoms with E-state index in [-0.39, 0.29) is 56.9 Å². The fourth-order valence-electron chi connectivity index (χ4n) is 10.8. The molecule has 14 N–H and O–H groups in total. The molecule has 4 bridgehead atoms. The Morgan fingerprint density at radius 1 is 0.544 bits per heavy atom. The maximum Gasteiger partial charge on any atom is 0.472 e. The summed E-state index contributed by atoms with van der Waals surface area (Å²) >= 11 is 15.5. The smallest absolute Gasteiger partial charge is 0.397 e. The lowest BCUT2D eigenvalue weighted by Gasteiger charge is -2.27. The van der Waals surface area contributed by atoms with Crippen LogP contribution in [0.2, 0.25) is 0 Å². The number of pyridine rings is 1. The molecule has 0 radical (unpaired) electrons. The molecule has 48 heteroatoms. The number of rotatable bonds is 4. The summed E-state index contributed by atoms with van der Waals surface area (Å²) in [5.74, 6) is -0.264. The molecule has 37 nitrogen and oxygen atoms in total. The quantitative estimate of drug-likeness (QED) is 0.0859. The van der Waals surface area contributed by atoms with Crippen LogP contribution in [-0.4, -0.2) is 189 Å².